The van der Waals surface area contributed by atoms with E-state index in [2.05, 4.69) is 15.0 Å². The number of para-hydroxylation sites is 1. The van der Waals surface area contributed by atoms with Crippen LogP contribution in [0.1, 0.15) is 11.4 Å². The predicted molar refractivity (Wildman–Crippen MR) is 95.0 cm³/mol. The van der Waals surface area contributed by atoms with E-state index < -0.39 is 23.1 Å². The van der Waals surface area contributed by atoms with Gasteiger partial charge in [0.05, 0.1) is 5.52 Å². The quantitative estimate of drug-likeness (QED) is 0.558. The first kappa shape index (κ1) is 18.1. The van der Waals surface area contributed by atoms with Gasteiger partial charge in [0.15, 0.2) is 5.82 Å². The van der Waals surface area contributed by atoms with E-state index in [1.165, 1.54) is 12.3 Å². The lowest BCUT2D eigenvalue weighted by Gasteiger charge is -2.16. The summed E-state index contributed by atoms with van der Waals surface area (Å²) in [5.74, 6) is -4.94. The smallest absolute Gasteiger partial charge is 0.331 e. The summed E-state index contributed by atoms with van der Waals surface area (Å²) >= 11 is 0. The maximum atomic E-state index is 14.9. The van der Waals surface area contributed by atoms with Gasteiger partial charge in [-0.1, -0.05) is 12.1 Å². The number of nitrogens with two attached hydrogens (primary N) is 1. The topological polar surface area (TPSA) is 88.0 Å². The third kappa shape index (κ3) is 3.77. The van der Waals surface area contributed by atoms with E-state index in [-0.39, 0.29) is 17.0 Å². The summed E-state index contributed by atoms with van der Waals surface area (Å²) in [5.41, 5.74) is 5.10. The number of halogens is 3. The van der Waals surface area contributed by atoms with Crippen molar-refractivity contribution in [2.75, 3.05) is 0 Å². The molecule has 8 heteroatoms. The van der Waals surface area contributed by atoms with E-state index >= 15 is 0 Å². The average Bonchev–Trinajstić information content (AvgIpc) is 2.68. The highest BCUT2D eigenvalue weighted by molar-refractivity contribution is 5.90. The molecule has 0 atom stereocenters. The molecule has 27 heavy (non-hydrogen) atoms. The second-order valence-electron chi connectivity index (χ2n) is 5.48. The fourth-order valence-electron chi connectivity index (χ4n) is 2.31. The van der Waals surface area contributed by atoms with Gasteiger partial charge in [-0.3, -0.25) is 0 Å². The number of fused-ring (bicyclic) bond motifs is 1. The van der Waals surface area contributed by atoms with Crippen molar-refractivity contribution >= 4 is 22.9 Å². The molecule has 3 aromatic rings. The van der Waals surface area contributed by atoms with Crippen molar-refractivity contribution in [3.05, 3.63) is 77.5 Å². The highest BCUT2D eigenvalue weighted by Gasteiger charge is 2.38. The Kier molecular flexibility index (Phi) is 4.86. The number of alkyl halides is 2. The number of aromatic nitrogens is 2. The van der Waals surface area contributed by atoms with Gasteiger partial charge in [0.25, 0.3) is 0 Å². The van der Waals surface area contributed by atoms with Gasteiger partial charge in [-0.25, -0.2) is 19.4 Å². The lowest BCUT2D eigenvalue weighted by Crippen LogP contribution is -2.19. The first-order valence-electron chi connectivity index (χ1n) is 7.73. The molecular weight excluding hydrogens is 355 g/mol. The lowest BCUT2D eigenvalue weighted by molar-refractivity contribution is 0.0332. The number of nitrogens with zero attached hydrogens (tertiary/aromatic N) is 4. The molecule has 0 aliphatic rings. The number of benzene rings is 2. The number of allylic oxidation sites excluding steroid dienone is 2. The van der Waals surface area contributed by atoms with Crippen molar-refractivity contribution in [1.29, 1.82) is 5.26 Å². The number of nitriles is 1. The zero-order valence-electron chi connectivity index (χ0n) is 13.8. The van der Waals surface area contributed by atoms with Crippen molar-refractivity contribution < 1.29 is 13.2 Å². The van der Waals surface area contributed by atoms with Crippen LogP contribution in [0.5, 0.6) is 0 Å². The second-order valence-corrected chi connectivity index (χ2v) is 5.48. The van der Waals surface area contributed by atoms with Gasteiger partial charge in [-0.2, -0.15) is 14.0 Å². The summed E-state index contributed by atoms with van der Waals surface area (Å²) in [6.07, 6.45) is 2.43. The van der Waals surface area contributed by atoms with Crippen molar-refractivity contribution in [2.24, 2.45) is 10.7 Å². The van der Waals surface area contributed by atoms with Crippen LogP contribution in [0.4, 0.5) is 19.0 Å². The van der Waals surface area contributed by atoms with Gasteiger partial charge in [0, 0.05) is 17.2 Å². The van der Waals surface area contributed by atoms with Gasteiger partial charge < -0.3 is 5.73 Å². The number of hydrogen-bond acceptors (Lipinski definition) is 5. The van der Waals surface area contributed by atoms with Crippen LogP contribution in [0.25, 0.3) is 10.9 Å². The minimum Gasteiger partial charge on any atom is -0.390 e. The molecule has 0 radical (unpaired) electrons. The molecule has 0 saturated heterocycles. The van der Waals surface area contributed by atoms with Crippen molar-refractivity contribution in [3.63, 3.8) is 0 Å². The molecular formula is C19H12F3N5. The molecule has 5 nitrogen and oxygen atoms in total. The molecule has 1 aromatic heterocycles. The van der Waals surface area contributed by atoms with Crippen LogP contribution in [0.3, 0.4) is 0 Å². The SMILES string of the molecule is N#C/C(N)=C/C=Nc1nc(C(F)(F)c2ccc(F)cc2)nc2ccccc12. The zero-order chi connectivity index (χ0) is 19.4. The van der Waals surface area contributed by atoms with E-state index in [1.54, 1.807) is 30.3 Å². The van der Waals surface area contributed by atoms with Crippen LogP contribution in [-0.2, 0) is 5.92 Å². The maximum Gasteiger partial charge on any atom is 0.331 e. The van der Waals surface area contributed by atoms with Gasteiger partial charge in [0.2, 0.25) is 5.82 Å². The van der Waals surface area contributed by atoms with Gasteiger partial charge >= 0.3 is 5.92 Å². The molecule has 0 fully saturated rings. The van der Waals surface area contributed by atoms with Crippen LogP contribution in [-0.4, -0.2) is 16.2 Å². The summed E-state index contributed by atoms with van der Waals surface area (Å²) in [6, 6.07) is 12.1. The predicted octanol–water partition coefficient (Wildman–Crippen LogP) is 3.98. The molecule has 0 bridgehead atoms. The summed E-state index contributed by atoms with van der Waals surface area (Å²) in [6.45, 7) is 0. The minimum absolute atomic E-state index is 0.000577. The number of aliphatic imine (C=N–C) groups is 1. The van der Waals surface area contributed by atoms with Crippen molar-refractivity contribution in [1.82, 2.24) is 9.97 Å². The zero-order valence-corrected chi connectivity index (χ0v) is 13.8. The highest BCUT2D eigenvalue weighted by atomic mass is 19.3. The van der Waals surface area contributed by atoms with Crippen LogP contribution < -0.4 is 5.73 Å². The molecule has 3 rings (SSSR count). The molecule has 0 aliphatic heterocycles. The number of rotatable bonds is 4. The second kappa shape index (κ2) is 7.25. The van der Waals surface area contributed by atoms with E-state index in [1.807, 2.05) is 0 Å². The van der Waals surface area contributed by atoms with E-state index in [9.17, 15) is 13.2 Å². The Labute approximate surface area is 152 Å². The Morgan fingerprint density at radius 2 is 1.81 bits per heavy atom. The van der Waals surface area contributed by atoms with Crippen LogP contribution in [0, 0.1) is 17.1 Å². The maximum absolute atomic E-state index is 14.9. The Bertz CT molecular complexity index is 1080. The molecule has 134 valence electrons. The Balaban J connectivity index is 2.14. The summed E-state index contributed by atoms with van der Waals surface area (Å²) in [7, 11) is 0. The third-order valence-corrected chi connectivity index (χ3v) is 3.65. The standard InChI is InChI=1S/C19H12F3N5/c20-13-7-5-12(6-8-13)19(21,22)18-26-16-4-2-1-3-15(16)17(27-18)25-10-9-14(24)11-23/h1-10H,24H2/b14-9-,25-10?. The van der Waals surface area contributed by atoms with E-state index in [4.69, 9.17) is 11.0 Å². The Morgan fingerprint density at radius 1 is 1.11 bits per heavy atom. The first-order valence-corrected chi connectivity index (χ1v) is 7.73. The monoisotopic (exact) mass is 367 g/mol. The average molecular weight is 367 g/mol. The summed E-state index contributed by atoms with van der Waals surface area (Å²) < 4.78 is 42.8. The fraction of sp³-hybridized carbons (Fsp3) is 0.0526. The third-order valence-electron chi connectivity index (χ3n) is 3.65. The van der Waals surface area contributed by atoms with Crippen LogP contribution >= 0.6 is 0 Å². The largest absolute Gasteiger partial charge is 0.390 e. The van der Waals surface area contributed by atoms with Crippen molar-refractivity contribution in [2.45, 2.75) is 5.92 Å². The normalized spacial score (nSPS) is 12.4. The molecule has 2 aromatic carbocycles. The fourth-order valence-corrected chi connectivity index (χ4v) is 2.31. The molecule has 0 spiro atoms. The number of hydrogen-bond donors (Lipinski definition) is 1. The first-order chi connectivity index (χ1) is 12.9. The Morgan fingerprint density at radius 3 is 2.52 bits per heavy atom. The van der Waals surface area contributed by atoms with Gasteiger partial charge in [0.1, 0.15) is 17.6 Å². The lowest BCUT2D eigenvalue weighted by atomic mass is 10.1. The molecule has 1 heterocycles. The van der Waals surface area contributed by atoms with Crippen LogP contribution in [0.2, 0.25) is 0 Å². The molecule has 0 unspecified atom stereocenters. The summed E-state index contributed by atoms with van der Waals surface area (Å²) in [5, 5.41) is 9.10. The highest BCUT2D eigenvalue weighted by Crippen LogP contribution is 2.36. The van der Waals surface area contributed by atoms with E-state index in [0.717, 1.165) is 24.3 Å². The van der Waals surface area contributed by atoms with Crippen LogP contribution in [0.15, 0.2) is 65.3 Å². The van der Waals surface area contributed by atoms with Gasteiger partial charge in [-0.15, -0.1) is 0 Å². The minimum atomic E-state index is -3.55. The molecule has 0 amide bonds. The Hall–Kier alpha value is -3.73. The van der Waals surface area contributed by atoms with Gasteiger partial charge in [-0.05, 0) is 42.5 Å². The molecule has 2 N–H and O–H groups in total. The van der Waals surface area contributed by atoms with Crippen molar-refractivity contribution in [3.8, 4) is 6.07 Å². The molecule has 0 saturated carbocycles. The summed E-state index contributed by atoms with van der Waals surface area (Å²) in [4.78, 5) is 11.9. The van der Waals surface area contributed by atoms with E-state index in [0.29, 0.717) is 5.39 Å². The molecule has 0 aliphatic carbocycles.